The van der Waals surface area contributed by atoms with E-state index < -0.39 is 17.8 Å². The van der Waals surface area contributed by atoms with Gasteiger partial charge in [0.25, 0.3) is 0 Å². The van der Waals surface area contributed by atoms with Gasteiger partial charge in [-0.25, -0.2) is 4.98 Å². The van der Waals surface area contributed by atoms with E-state index in [4.69, 9.17) is 5.11 Å². The summed E-state index contributed by atoms with van der Waals surface area (Å²) in [6.07, 6.45) is -4.50. The maximum Gasteiger partial charge on any atom is 0.433 e. The monoisotopic (exact) mass is 237 g/mol. The molecule has 1 aromatic rings. The highest BCUT2D eigenvalue weighted by Gasteiger charge is 2.32. The average Bonchev–Trinajstić information content (AvgIpc) is 2.14. The first-order valence-corrected chi connectivity index (χ1v) is 4.77. The van der Waals surface area contributed by atoms with Crippen LogP contribution in [0.15, 0.2) is 23.2 Å². The summed E-state index contributed by atoms with van der Waals surface area (Å²) in [5.74, 6) is -1.41. The average molecular weight is 237 g/mol. The standard InChI is InChI=1S/C8H6F3NO2S/c9-8(10,11)5-2-1-3-6(12-5)15-4-7(13)14/h1-3H,4H2,(H,13,14). The van der Waals surface area contributed by atoms with E-state index in [0.717, 1.165) is 17.8 Å². The molecular weight excluding hydrogens is 231 g/mol. The molecule has 0 amide bonds. The molecule has 0 aromatic carbocycles. The third kappa shape index (κ3) is 3.78. The molecule has 7 heteroatoms. The molecule has 0 bridgehead atoms. The van der Waals surface area contributed by atoms with Crippen molar-refractivity contribution >= 4 is 17.7 Å². The lowest BCUT2D eigenvalue weighted by molar-refractivity contribution is -0.141. The third-order valence-electron chi connectivity index (χ3n) is 1.36. The van der Waals surface area contributed by atoms with Gasteiger partial charge in [0, 0.05) is 0 Å². The molecule has 0 saturated carbocycles. The van der Waals surface area contributed by atoms with Gasteiger partial charge in [-0.15, -0.1) is 0 Å². The molecule has 0 aliphatic carbocycles. The number of carboxylic acids is 1. The number of nitrogens with zero attached hydrogens (tertiary/aromatic N) is 1. The quantitative estimate of drug-likeness (QED) is 0.819. The van der Waals surface area contributed by atoms with Crippen LogP contribution in [0.25, 0.3) is 0 Å². The lowest BCUT2D eigenvalue weighted by Gasteiger charge is -2.06. The number of hydrogen-bond donors (Lipinski definition) is 1. The zero-order chi connectivity index (χ0) is 11.5. The SMILES string of the molecule is O=C(O)CSc1cccc(C(F)(F)F)n1. The van der Waals surface area contributed by atoms with Crippen LogP contribution in [0.5, 0.6) is 0 Å². The zero-order valence-corrected chi connectivity index (χ0v) is 8.10. The van der Waals surface area contributed by atoms with Crippen LogP contribution in [0.4, 0.5) is 13.2 Å². The van der Waals surface area contributed by atoms with Gasteiger partial charge in [0.1, 0.15) is 5.69 Å². The molecule has 0 aliphatic heterocycles. The Labute approximate surface area is 87.3 Å². The van der Waals surface area contributed by atoms with E-state index in [0.29, 0.717) is 0 Å². The maximum atomic E-state index is 12.2. The predicted octanol–water partition coefficient (Wildman–Crippen LogP) is 2.28. The molecule has 1 rings (SSSR count). The van der Waals surface area contributed by atoms with Gasteiger partial charge >= 0.3 is 12.1 Å². The Kier molecular flexibility index (Phi) is 3.57. The number of carbonyl (C=O) groups is 1. The fraction of sp³-hybridized carbons (Fsp3) is 0.250. The van der Waals surface area contributed by atoms with Crippen molar-refractivity contribution in [2.24, 2.45) is 0 Å². The van der Waals surface area contributed by atoms with Crippen molar-refractivity contribution in [2.75, 3.05) is 5.75 Å². The molecule has 0 spiro atoms. The van der Waals surface area contributed by atoms with E-state index in [1.807, 2.05) is 0 Å². The summed E-state index contributed by atoms with van der Waals surface area (Å²) in [4.78, 5) is 13.5. The fourth-order valence-electron chi connectivity index (χ4n) is 0.789. The van der Waals surface area contributed by atoms with Crippen molar-refractivity contribution in [1.82, 2.24) is 4.98 Å². The molecule has 0 atom stereocenters. The number of thioether (sulfide) groups is 1. The van der Waals surface area contributed by atoms with Gasteiger partial charge in [0.2, 0.25) is 0 Å². The maximum absolute atomic E-state index is 12.2. The van der Waals surface area contributed by atoms with Crippen LogP contribution in [0, 0.1) is 0 Å². The highest BCUT2D eigenvalue weighted by Crippen LogP contribution is 2.28. The van der Waals surface area contributed by atoms with Gasteiger partial charge in [-0.05, 0) is 12.1 Å². The number of pyridine rings is 1. The summed E-state index contributed by atoms with van der Waals surface area (Å²) in [5, 5.41) is 8.38. The highest BCUT2D eigenvalue weighted by molar-refractivity contribution is 7.99. The number of hydrogen-bond acceptors (Lipinski definition) is 3. The third-order valence-corrected chi connectivity index (χ3v) is 2.27. The van der Waals surface area contributed by atoms with Crippen LogP contribution in [0.3, 0.4) is 0 Å². The van der Waals surface area contributed by atoms with Gasteiger partial charge in [0.05, 0.1) is 10.8 Å². The number of carboxylic acid groups (broad SMARTS) is 1. The topological polar surface area (TPSA) is 50.2 Å². The summed E-state index contributed by atoms with van der Waals surface area (Å²) in [7, 11) is 0. The van der Waals surface area contributed by atoms with E-state index in [1.54, 1.807) is 0 Å². The second kappa shape index (κ2) is 4.52. The Morgan fingerprint density at radius 2 is 2.13 bits per heavy atom. The smallest absolute Gasteiger partial charge is 0.433 e. The lowest BCUT2D eigenvalue weighted by Crippen LogP contribution is -2.08. The van der Waals surface area contributed by atoms with Crippen molar-refractivity contribution in [3.8, 4) is 0 Å². The van der Waals surface area contributed by atoms with Crippen molar-refractivity contribution in [2.45, 2.75) is 11.2 Å². The molecule has 1 heterocycles. The number of alkyl halides is 3. The molecule has 15 heavy (non-hydrogen) atoms. The Bertz CT molecular complexity index is 367. The van der Waals surface area contributed by atoms with Gasteiger partial charge in [-0.1, -0.05) is 17.8 Å². The van der Waals surface area contributed by atoms with Crippen LogP contribution in [0.2, 0.25) is 0 Å². The Hall–Kier alpha value is -1.24. The van der Waals surface area contributed by atoms with E-state index in [2.05, 4.69) is 4.98 Å². The molecule has 0 fully saturated rings. The summed E-state index contributed by atoms with van der Waals surface area (Å²) in [6, 6.07) is 3.37. The largest absolute Gasteiger partial charge is 0.481 e. The number of aromatic nitrogens is 1. The van der Waals surface area contributed by atoms with Gasteiger partial charge < -0.3 is 5.11 Å². The fourth-order valence-corrected chi connectivity index (χ4v) is 1.40. The minimum Gasteiger partial charge on any atom is -0.481 e. The van der Waals surface area contributed by atoms with E-state index >= 15 is 0 Å². The first-order valence-electron chi connectivity index (χ1n) is 3.78. The lowest BCUT2D eigenvalue weighted by atomic mass is 10.3. The molecule has 3 nitrogen and oxygen atoms in total. The van der Waals surface area contributed by atoms with Crippen LogP contribution in [0.1, 0.15) is 5.69 Å². The minimum absolute atomic E-state index is 0.0484. The predicted molar refractivity (Wildman–Crippen MR) is 47.6 cm³/mol. The van der Waals surface area contributed by atoms with E-state index in [9.17, 15) is 18.0 Å². The van der Waals surface area contributed by atoms with Crippen molar-refractivity contribution in [3.63, 3.8) is 0 Å². The second-order valence-electron chi connectivity index (χ2n) is 2.54. The van der Waals surface area contributed by atoms with Gasteiger partial charge in [0.15, 0.2) is 0 Å². The molecular formula is C8H6F3NO2S. The summed E-state index contributed by atoms with van der Waals surface area (Å²) >= 11 is 0.748. The number of rotatable bonds is 3. The number of halogens is 3. The van der Waals surface area contributed by atoms with Crippen LogP contribution in [-0.4, -0.2) is 21.8 Å². The molecule has 0 saturated heterocycles. The molecule has 0 unspecified atom stereocenters. The van der Waals surface area contributed by atoms with E-state index in [1.165, 1.54) is 12.1 Å². The Morgan fingerprint density at radius 1 is 1.47 bits per heavy atom. The first kappa shape index (κ1) is 11.8. The normalized spacial score (nSPS) is 11.4. The number of aliphatic carboxylic acids is 1. The van der Waals surface area contributed by atoms with Crippen LogP contribution < -0.4 is 0 Å². The van der Waals surface area contributed by atoms with Crippen LogP contribution in [-0.2, 0) is 11.0 Å². The Balaban J connectivity index is 2.79. The summed E-state index contributed by atoms with van der Waals surface area (Å²) in [5.41, 5.74) is -1.02. The van der Waals surface area contributed by atoms with Gasteiger partial charge in [-0.2, -0.15) is 13.2 Å². The summed E-state index contributed by atoms with van der Waals surface area (Å²) in [6.45, 7) is 0. The molecule has 0 aliphatic rings. The molecule has 1 aromatic heterocycles. The van der Waals surface area contributed by atoms with E-state index in [-0.39, 0.29) is 10.8 Å². The van der Waals surface area contributed by atoms with Crippen molar-refractivity contribution < 1.29 is 23.1 Å². The highest BCUT2D eigenvalue weighted by atomic mass is 32.2. The van der Waals surface area contributed by atoms with Crippen molar-refractivity contribution in [1.29, 1.82) is 0 Å². The van der Waals surface area contributed by atoms with Gasteiger partial charge in [-0.3, -0.25) is 4.79 Å². The molecule has 1 N–H and O–H groups in total. The zero-order valence-electron chi connectivity index (χ0n) is 7.28. The summed E-state index contributed by atoms with van der Waals surface area (Å²) < 4.78 is 36.5. The van der Waals surface area contributed by atoms with Crippen LogP contribution >= 0.6 is 11.8 Å². The first-order chi connectivity index (χ1) is 6.89. The van der Waals surface area contributed by atoms with Crippen molar-refractivity contribution in [3.05, 3.63) is 23.9 Å². The molecule has 82 valence electrons. The minimum atomic E-state index is -4.50. The Morgan fingerprint density at radius 3 is 2.67 bits per heavy atom. The molecule has 0 radical (unpaired) electrons. The second-order valence-corrected chi connectivity index (χ2v) is 3.54.